The molecular formula is C12H16F2OS. The molecule has 1 aromatic carbocycles. The van der Waals surface area contributed by atoms with Crippen LogP contribution in [-0.2, 0) is 0 Å². The van der Waals surface area contributed by atoms with E-state index in [2.05, 4.69) is 12.6 Å². The fourth-order valence-corrected chi connectivity index (χ4v) is 1.57. The average molecular weight is 246 g/mol. The van der Waals surface area contributed by atoms with Crippen LogP contribution in [0.4, 0.5) is 8.78 Å². The number of halogens is 2. The minimum atomic E-state index is -0.905. The van der Waals surface area contributed by atoms with Gasteiger partial charge in [-0.2, -0.15) is 17.0 Å². The molecular weight excluding hydrogens is 230 g/mol. The van der Waals surface area contributed by atoms with E-state index in [1.807, 2.05) is 0 Å². The largest absolute Gasteiger partial charge is 0.490 e. The van der Waals surface area contributed by atoms with E-state index < -0.39 is 11.6 Å². The number of hydrogen-bond acceptors (Lipinski definition) is 2. The van der Waals surface area contributed by atoms with E-state index in [0.29, 0.717) is 6.61 Å². The summed E-state index contributed by atoms with van der Waals surface area (Å²) < 4.78 is 31.1. The third-order valence-corrected chi connectivity index (χ3v) is 2.54. The van der Waals surface area contributed by atoms with E-state index in [4.69, 9.17) is 4.74 Å². The Morgan fingerprint density at radius 1 is 1.06 bits per heavy atom. The molecule has 1 aromatic rings. The highest BCUT2D eigenvalue weighted by molar-refractivity contribution is 7.80. The molecule has 16 heavy (non-hydrogen) atoms. The third-order valence-electron chi connectivity index (χ3n) is 2.23. The summed E-state index contributed by atoms with van der Waals surface area (Å²) in [6.07, 6.45) is 4.05. The molecule has 0 N–H and O–H groups in total. The smallest absolute Gasteiger partial charge is 0.200 e. The number of ether oxygens (including phenoxy) is 1. The van der Waals surface area contributed by atoms with E-state index in [9.17, 15) is 8.78 Å². The molecule has 0 amide bonds. The standard InChI is InChI=1S/C12H16F2OS/c13-10-6-5-7-11(12(10)14)15-8-3-1-2-4-9-16/h5-7,16H,1-4,8-9H2. The molecule has 0 unspecified atom stereocenters. The zero-order chi connectivity index (χ0) is 11.8. The van der Waals surface area contributed by atoms with Gasteiger partial charge >= 0.3 is 0 Å². The van der Waals surface area contributed by atoms with Gasteiger partial charge in [0.2, 0.25) is 5.82 Å². The van der Waals surface area contributed by atoms with Crippen molar-refractivity contribution >= 4 is 12.6 Å². The quantitative estimate of drug-likeness (QED) is 0.568. The molecule has 0 aromatic heterocycles. The van der Waals surface area contributed by atoms with Gasteiger partial charge in [0, 0.05) is 0 Å². The molecule has 0 saturated carbocycles. The molecule has 0 aliphatic rings. The topological polar surface area (TPSA) is 9.23 Å². The summed E-state index contributed by atoms with van der Waals surface area (Å²) in [6.45, 7) is 0.424. The van der Waals surface area contributed by atoms with Crippen molar-refractivity contribution < 1.29 is 13.5 Å². The first-order chi connectivity index (χ1) is 7.75. The Morgan fingerprint density at radius 2 is 1.81 bits per heavy atom. The summed E-state index contributed by atoms with van der Waals surface area (Å²) in [7, 11) is 0. The Kier molecular flexibility index (Phi) is 6.23. The fourth-order valence-electron chi connectivity index (χ4n) is 1.35. The average Bonchev–Trinajstić information content (AvgIpc) is 2.29. The fraction of sp³-hybridized carbons (Fsp3) is 0.500. The number of benzene rings is 1. The summed E-state index contributed by atoms with van der Waals surface area (Å²) in [5.74, 6) is -0.890. The van der Waals surface area contributed by atoms with Gasteiger partial charge in [-0.25, -0.2) is 4.39 Å². The van der Waals surface area contributed by atoms with Crippen LogP contribution in [-0.4, -0.2) is 12.4 Å². The molecule has 0 aliphatic carbocycles. The van der Waals surface area contributed by atoms with Gasteiger partial charge in [-0.15, -0.1) is 0 Å². The molecule has 1 rings (SSSR count). The van der Waals surface area contributed by atoms with Crippen LogP contribution in [0, 0.1) is 11.6 Å². The third kappa shape index (κ3) is 4.39. The second-order valence-corrected chi connectivity index (χ2v) is 3.99. The van der Waals surface area contributed by atoms with Crippen molar-refractivity contribution in [3.05, 3.63) is 29.8 Å². The van der Waals surface area contributed by atoms with Gasteiger partial charge in [0.15, 0.2) is 11.6 Å². The van der Waals surface area contributed by atoms with Crippen LogP contribution in [0.15, 0.2) is 18.2 Å². The number of rotatable bonds is 7. The van der Waals surface area contributed by atoms with E-state index in [1.165, 1.54) is 12.1 Å². The Morgan fingerprint density at radius 3 is 2.56 bits per heavy atom. The molecule has 0 bridgehead atoms. The maximum Gasteiger partial charge on any atom is 0.200 e. The number of unbranched alkanes of at least 4 members (excludes halogenated alkanes) is 3. The molecule has 0 heterocycles. The van der Waals surface area contributed by atoms with E-state index in [-0.39, 0.29) is 5.75 Å². The van der Waals surface area contributed by atoms with Crippen molar-refractivity contribution in [1.29, 1.82) is 0 Å². The zero-order valence-corrected chi connectivity index (χ0v) is 9.98. The lowest BCUT2D eigenvalue weighted by molar-refractivity contribution is 0.285. The predicted octanol–water partition coefficient (Wildman–Crippen LogP) is 3.83. The van der Waals surface area contributed by atoms with Gasteiger partial charge in [-0.05, 0) is 30.7 Å². The van der Waals surface area contributed by atoms with Gasteiger partial charge < -0.3 is 4.74 Å². The van der Waals surface area contributed by atoms with Crippen molar-refractivity contribution in [3.63, 3.8) is 0 Å². The molecule has 0 fully saturated rings. The molecule has 0 saturated heterocycles. The van der Waals surface area contributed by atoms with E-state index in [1.54, 1.807) is 0 Å². The maximum atomic E-state index is 13.1. The van der Waals surface area contributed by atoms with Gasteiger partial charge in [-0.3, -0.25) is 0 Å². The van der Waals surface area contributed by atoms with Crippen molar-refractivity contribution in [1.82, 2.24) is 0 Å². The Bertz CT molecular complexity index is 318. The first-order valence-electron chi connectivity index (χ1n) is 5.43. The normalized spacial score (nSPS) is 10.4. The van der Waals surface area contributed by atoms with Gasteiger partial charge in [0.1, 0.15) is 0 Å². The highest BCUT2D eigenvalue weighted by Gasteiger charge is 2.07. The van der Waals surface area contributed by atoms with Crippen LogP contribution in [0.2, 0.25) is 0 Å². The second kappa shape index (κ2) is 7.49. The molecule has 0 spiro atoms. The van der Waals surface area contributed by atoms with Gasteiger partial charge in [0.25, 0.3) is 0 Å². The molecule has 90 valence electrons. The lowest BCUT2D eigenvalue weighted by atomic mass is 10.2. The second-order valence-electron chi connectivity index (χ2n) is 3.54. The van der Waals surface area contributed by atoms with Crippen LogP contribution in [0.25, 0.3) is 0 Å². The van der Waals surface area contributed by atoms with Crippen molar-refractivity contribution in [2.75, 3.05) is 12.4 Å². The molecule has 0 aliphatic heterocycles. The molecule has 4 heteroatoms. The van der Waals surface area contributed by atoms with Crippen LogP contribution >= 0.6 is 12.6 Å². The predicted molar refractivity (Wildman–Crippen MR) is 64.2 cm³/mol. The maximum absolute atomic E-state index is 13.1. The summed E-state index contributed by atoms with van der Waals surface area (Å²) in [6, 6.07) is 3.95. The Labute approximate surface area is 100 Å². The Balaban J connectivity index is 2.24. The summed E-state index contributed by atoms with van der Waals surface area (Å²) in [5, 5.41) is 0. The first-order valence-corrected chi connectivity index (χ1v) is 6.06. The lowest BCUT2D eigenvalue weighted by Gasteiger charge is -2.07. The highest BCUT2D eigenvalue weighted by atomic mass is 32.1. The first kappa shape index (κ1) is 13.3. The van der Waals surface area contributed by atoms with Gasteiger partial charge in [-0.1, -0.05) is 18.9 Å². The van der Waals surface area contributed by atoms with Crippen LogP contribution in [0.3, 0.4) is 0 Å². The SMILES string of the molecule is Fc1cccc(OCCCCCCS)c1F. The van der Waals surface area contributed by atoms with Crippen LogP contribution in [0.1, 0.15) is 25.7 Å². The van der Waals surface area contributed by atoms with Crippen molar-refractivity contribution in [2.24, 2.45) is 0 Å². The lowest BCUT2D eigenvalue weighted by Crippen LogP contribution is -2.00. The van der Waals surface area contributed by atoms with Crippen LogP contribution < -0.4 is 4.74 Å². The van der Waals surface area contributed by atoms with Crippen molar-refractivity contribution in [2.45, 2.75) is 25.7 Å². The molecule has 0 atom stereocenters. The monoisotopic (exact) mass is 246 g/mol. The summed E-state index contributed by atoms with van der Waals surface area (Å²) in [5.41, 5.74) is 0. The summed E-state index contributed by atoms with van der Waals surface area (Å²) in [4.78, 5) is 0. The summed E-state index contributed by atoms with van der Waals surface area (Å²) >= 11 is 4.11. The van der Waals surface area contributed by atoms with E-state index >= 15 is 0 Å². The molecule has 0 radical (unpaired) electrons. The minimum Gasteiger partial charge on any atom is -0.490 e. The highest BCUT2D eigenvalue weighted by Crippen LogP contribution is 2.19. The van der Waals surface area contributed by atoms with E-state index in [0.717, 1.165) is 37.5 Å². The van der Waals surface area contributed by atoms with Gasteiger partial charge in [0.05, 0.1) is 6.61 Å². The minimum absolute atomic E-state index is 0.00537. The zero-order valence-electron chi connectivity index (χ0n) is 9.09. The van der Waals surface area contributed by atoms with Crippen LogP contribution in [0.5, 0.6) is 5.75 Å². The Hall–Kier alpha value is -0.770. The number of thiol groups is 1. The van der Waals surface area contributed by atoms with Crippen molar-refractivity contribution in [3.8, 4) is 5.75 Å². The molecule has 1 nitrogen and oxygen atoms in total. The number of hydrogen-bond donors (Lipinski definition) is 1.